The molecule has 0 aromatic carbocycles. The Hall–Kier alpha value is -1.80. The molecule has 108 valence electrons. The topological polar surface area (TPSA) is 106 Å². The Labute approximate surface area is 124 Å². The normalized spacial score (nSPS) is 17.2. The van der Waals surface area contributed by atoms with Crippen molar-refractivity contribution in [2.45, 2.75) is 12.5 Å². The van der Waals surface area contributed by atoms with Crippen molar-refractivity contribution in [1.29, 1.82) is 0 Å². The Bertz CT molecular complexity index is 546. The highest BCUT2D eigenvalue weighted by molar-refractivity contribution is 7.18. The maximum atomic E-state index is 11.8. The Kier molecular flexibility index (Phi) is 4.80. The number of amides is 3. The van der Waals surface area contributed by atoms with Gasteiger partial charge < -0.3 is 21.2 Å². The maximum absolute atomic E-state index is 11.8. The molecular formula is C11H13ClN4O3S. The lowest BCUT2D eigenvalue weighted by atomic mass is 10.1. The molecule has 20 heavy (non-hydrogen) atoms. The molecule has 0 radical (unpaired) electrons. The SMILES string of the molecule is NC(=O)NCCNC(=O)[C@@H]1CC(c2ccc(Cl)s2)=NO1. The zero-order valence-electron chi connectivity index (χ0n) is 10.4. The maximum Gasteiger partial charge on any atom is 0.312 e. The molecule has 0 unspecified atom stereocenters. The highest BCUT2D eigenvalue weighted by Gasteiger charge is 2.29. The van der Waals surface area contributed by atoms with Gasteiger partial charge in [-0.2, -0.15) is 0 Å². The van der Waals surface area contributed by atoms with Gasteiger partial charge in [0.2, 0.25) is 6.10 Å². The van der Waals surface area contributed by atoms with E-state index < -0.39 is 12.1 Å². The Morgan fingerprint density at radius 2 is 2.20 bits per heavy atom. The van der Waals surface area contributed by atoms with Crippen LogP contribution in [0.2, 0.25) is 4.34 Å². The third kappa shape index (κ3) is 3.84. The van der Waals surface area contributed by atoms with E-state index in [1.807, 2.05) is 6.07 Å². The van der Waals surface area contributed by atoms with Crippen LogP contribution in [0.5, 0.6) is 0 Å². The number of nitrogens with one attached hydrogen (secondary N) is 2. The van der Waals surface area contributed by atoms with Crippen molar-refractivity contribution < 1.29 is 14.4 Å². The van der Waals surface area contributed by atoms with Crippen molar-refractivity contribution in [3.05, 3.63) is 21.3 Å². The number of urea groups is 1. The van der Waals surface area contributed by atoms with Gasteiger partial charge in [-0.3, -0.25) is 4.79 Å². The van der Waals surface area contributed by atoms with Crippen molar-refractivity contribution in [2.75, 3.05) is 13.1 Å². The largest absolute Gasteiger partial charge is 0.382 e. The molecule has 1 atom stereocenters. The second kappa shape index (κ2) is 6.58. The summed E-state index contributed by atoms with van der Waals surface area (Å²) in [6.45, 7) is 0.545. The van der Waals surface area contributed by atoms with Crippen LogP contribution >= 0.6 is 22.9 Å². The number of hydrogen-bond acceptors (Lipinski definition) is 5. The summed E-state index contributed by atoms with van der Waals surface area (Å²) in [4.78, 5) is 28.2. The van der Waals surface area contributed by atoms with E-state index >= 15 is 0 Å². The number of nitrogens with zero attached hydrogens (tertiary/aromatic N) is 1. The third-order valence-electron chi connectivity index (χ3n) is 2.54. The number of oxime groups is 1. The quantitative estimate of drug-likeness (QED) is 0.695. The number of nitrogens with two attached hydrogens (primary N) is 1. The van der Waals surface area contributed by atoms with Crippen LogP contribution in [0.25, 0.3) is 0 Å². The summed E-state index contributed by atoms with van der Waals surface area (Å²) in [5, 5.41) is 8.89. The summed E-state index contributed by atoms with van der Waals surface area (Å²) in [6.07, 6.45) is -0.259. The van der Waals surface area contributed by atoms with E-state index in [0.29, 0.717) is 16.5 Å². The van der Waals surface area contributed by atoms with E-state index in [9.17, 15) is 9.59 Å². The Balaban J connectivity index is 1.76. The minimum absolute atomic E-state index is 0.266. The van der Waals surface area contributed by atoms with Gasteiger partial charge in [0.15, 0.2) is 0 Å². The van der Waals surface area contributed by atoms with Crippen LogP contribution < -0.4 is 16.4 Å². The van der Waals surface area contributed by atoms with E-state index in [1.165, 1.54) is 11.3 Å². The highest BCUT2D eigenvalue weighted by atomic mass is 35.5. The van der Waals surface area contributed by atoms with Gasteiger partial charge in [-0.25, -0.2) is 4.79 Å². The molecule has 0 fully saturated rings. The molecule has 1 aliphatic rings. The fourth-order valence-electron chi connectivity index (χ4n) is 1.62. The van der Waals surface area contributed by atoms with Gasteiger partial charge in [0.25, 0.3) is 5.91 Å². The second-order valence-corrected chi connectivity index (χ2v) is 5.74. The average molecular weight is 317 g/mol. The molecule has 1 aromatic rings. The van der Waals surface area contributed by atoms with Crippen molar-refractivity contribution in [1.82, 2.24) is 10.6 Å². The Morgan fingerprint density at radius 3 is 2.85 bits per heavy atom. The smallest absolute Gasteiger partial charge is 0.312 e. The van der Waals surface area contributed by atoms with Crippen LogP contribution in [0, 0.1) is 0 Å². The zero-order chi connectivity index (χ0) is 14.5. The van der Waals surface area contributed by atoms with Gasteiger partial charge in [-0.1, -0.05) is 16.8 Å². The fourth-order valence-corrected chi connectivity index (χ4v) is 2.65. The molecule has 0 spiro atoms. The molecule has 2 rings (SSSR count). The first kappa shape index (κ1) is 14.6. The average Bonchev–Trinajstić information content (AvgIpc) is 3.02. The predicted molar refractivity (Wildman–Crippen MR) is 76.0 cm³/mol. The van der Waals surface area contributed by atoms with Gasteiger partial charge >= 0.3 is 6.03 Å². The molecule has 0 saturated heterocycles. The van der Waals surface area contributed by atoms with E-state index in [2.05, 4.69) is 15.8 Å². The van der Waals surface area contributed by atoms with E-state index in [1.54, 1.807) is 6.07 Å². The number of hydrogen-bond donors (Lipinski definition) is 3. The fraction of sp³-hybridized carbons (Fsp3) is 0.364. The third-order valence-corrected chi connectivity index (χ3v) is 3.82. The molecule has 7 nitrogen and oxygen atoms in total. The van der Waals surface area contributed by atoms with Crippen molar-refractivity contribution in [3.8, 4) is 0 Å². The first-order valence-electron chi connectivity index (χ1n) is 5.85. The first-order valence-corrected chi connectivity index (χ1v) is 7.05. The number of rotatable bonds is 5. The summed E-state index contributed by atoms with van der Waals surface area (Å²) < 4.78 is 0.660. The number of thiophene rings is 1. The molecule has 1 aromatic heterocycles. The summed E-state index contributed by atoms with van der Waals surface area (Å²) in [5.41, 5.74) is 5.61. The standard InChI is InChI=1S/C11H13ClN4O3S/c12-9-2-1-8(20-9)6-5-7(19-16-6)10(17)14-3-4-15-11(13)18/h1-2,7H,3-5H2,(H,14,17)(H3,13,15,18)/t7-/m0/s1. The number of carbonyl (C=O) groups is 2. The number of primary amides is 1. The lowest BCUT2D eigenvalue weighted by Crippen LogP contribution is -2.41. The first-order chi connectivity index (χ1) is 9.56. The minimum atomic E-state index is -0.653. The van der Waals surface area contributed by atoms with Crippen molar-refractivity contribution in [2.24, 2.45) is 10.9 Å². The molecule has 0 bridgehead atoms. The monoisotopic (exact) mass is 316 g/mol. The lowest BCUT2D eigenvalue weighted by molar-refractivity contribution is -0.131. The molecular weight excluding hydrogens is 304 g/mol. The van der Waals surface area contributed by atoms with E-state index in [-0.39, 0.29) is 19.0 Å². The van der Waals surface area contributed by atoms with E-state index in [0.717, 1.165) is 4.88 Å². The Morgan fingerprint density at radius 1 is 1.45 bits per heavy atom. The summed E-state index contributed by atoms with van der Waals surface area (Å²) in [5.74, 6) is -0.280. The summed E-state index contributed by atoms with van der Waals surface area (Å²) in [7, 11) is 0. The van der Waals surface area contributed by atoms with Gasteiger partial charge in [0, 0.05) is 19.5 Å². The zero-order valence-corrected chi connectivity index (χ0v) is 12.0. The molecule has 1 aliphatic heterocycles. The van der Waals surface area contributed by atoms with Crippen LogP contribution in [0.1, 0.15) is 11.3 Å². The van der Waals surface area contributed by atoms with Gasteiger partial charge in [-0.05, 0) is 12.1 Å². The molecule has 2 heterocycles. The molecule has 3 amide bonds. The summed E-state index contributed by atoms with van der Waals surface area (Å²) >= 11 is 7.23. The molecule has 9 heteroatoms. The van der Waals surface area contributed by atoms with Gasteiger partial charge in [0.1, 0.15) is 5.71 Å². The van der Waals surface area contributed by atoms with Gasteiger partial charge in [-0.15, -0.1) is 11.3 Å². The molecule has 0 saturated carbocycles. The van der Waals surface area contributed by atoms with Crippen LogP contribution in [0.3, 0.4) is 0 Å². The van der Waals surface area contributed by atoms with E-state index in [4.69, 9.17) is 22.2 Å². The van der Waals surface area contributed by atoms with Gasteiger partial charge in [0.05, 0.1) is 9.21 Å². The number of carbonyl (C=O) groups excluding carboxylic acids is 2. The lowest BCUT2D eigenvalue weighted by Gasteiger charge is -2.09. The van der Waals surface area contributed by atoms with Crippen molar-refractivity contribution >= 4 is 40.6 Å². The van der Waals surface area contributed by atoms with Crippen molar-refractivity contribution in [3.63, 3.8) is 0 Å². The summed E-state index contributed by atoms with van der Waals surface area (Å²) in [6, 6.07) is 2.98. The second-order valence-electron chi connectivity index (χ2n) is 4.02. The molecule has 0 aliphatic carbocycles. The minimum Gasteiger partial charge on any atom is -0.382 e. The molecule has 4 N–H and O–H groups in total. The highest BCUT2D eigenvalue weighted by Crippen LogP contribution is 2.26. The predicted octanol–water partition coefficient (Wildman–Crippen LogP) is 0.679. The van der Waals surface area contributed by atoms with Crippen LogP contribution in [0.15, 0.2) is 17.3 Å². The van der Waals surface area contributed by atoms with Crippen LogP contribution in [0.4, 0.5) is 4.79 Å². The number of halogens is 1. The van der Waals surface area contributed by atoms with Crippen LogP contribution in [-0.2, 0) is 9.63 Å². The van der Waals surface area contributed by atoms with Crippen LogP contribution in [-0.4, -0.2) is 36.8 Å².